The fourth-order valence-corrected chi connectivity index (χ4v) is 3.11. The number of aromatic nitrogens is 4. The number of piperazine rings is 1. The number of amides is 1. The third kappa shape index (κ3) is 3.38. The first kappa shape index (κ1) is 17.1. The Morgan fingerprint density at radius 3 is 2.52 bits per heavy atom. The van der Waals surface area contributed by atoms with E-state index in [4.69, 9.17) is 0 Å². The van der Waals surface area contributed by atoms with E-state index >= 15 is 0 Å². The van der Waals surface area contributed by atoms with Gasteiger partial charge in [0, 0.05) is 58.6 Å². The van der Waals surface area contributed by atoms with Crippen LogP contribution in [0, 0.1) is 17.0 Å². The molecular weight excluding hydrogens is 326 g/mol. The van der Waals surface area contributed by atoms with Gasteiger partial charge < -0.3 is 4.90 Å². The van der Waals surface area contributed by atoms with Gasteiger partial charge in [-0.3, -0.25) is 29.2 Å². The van der Waals surface area contributed by atoms with E-state index in [1.165, 1.54) is 10.2 Å². The highest BCUT2D eigenvalue weighted by Gasteiger charge is 2.31. The number of aryl methyl sites for hydroxylation is 3. The molecule has 10 nitrogen and oxygen atoms in total. The average molecular weight is 347 g/mol. The number of nitrogens with zero attached hydrogens (tertiary/aromatic N) is 7. The number of nitro groups is 1. The van der Waals surface area contributed by atoms with Crippen LogP contribution in [0.5, 0.6) is 0 Å². The molecule has 0 unspecified atom stereocenters. The predicted octanol–water partition coefficient (Wildman–Crippen LogP) is 0.328. The Bertz CT molecular complexity index is 802. The lowest BCUT2D eigenvalue weighted by molar-refractivity contribution is -0.385. The van der Waals surface area contributed by atoms with Gasteiger partial charge in [0.15, 0.2) is 0 Å². The smallest absolute Gasteiger partial charge is 0.320 e. The Balaban J connectivity index is 1.64. The van der Waals surface area contributed by atoms with Gasteiger partial charge >= 0.3 is 5.69 Å². The fourth-order valence-electron chi connectivity index (χ4n) is 3.11. The molecule has 0 radical (unpaired) electrons. The maximum atomic E-state index is 12.7. The molecule has 134 valence electrons. The first-order valence-electron chi connectivity index (χ1n) is 8.04. The molecule has 25 heavy (non-hydrogen) atoms. The Labute approximate surface area is 144 Å². The van der Waals surface area contributed by atoms with Crippen molar-refractivity contribution in [1.82, 2.24) is 29.4 Å². The highest BCUT2D eigenvalue weighted by molar-refractivity contribution is 5.96. The van der Waals surface area contributed by atoms with Crippen LogP contribution in [-0.2, 0) is 20.6 Å². The second kappa shape index (κ2) is 6.63. The van der Waals surface area contributed by atoms with E-state index in [-0.39, 0.29) is 17.3 Å². The standard InChI is InChI=1S/C15H21N7O3/c1-11-12(9-18(2)17-11)10-20-4-6-21(7-5-20)15(23)14-13(22(24)25)8-16-19(14)3/h8-9H,4-7,10H2,1-3H3. The first-order chi connectivity index (χ1) is 11.9. The predicted molar refractivity (Wildman–Crippen MR) is 89.0 cm³/mol. The van der Waals surface area contributed by atoms with Crippen molar-refractivity contribution < 1.29 is 9.72 Å². The highest BCUT2D eigenvalue weighted by atomic mass is 16.6. The normalized spacial score (nSPS) is 15.6. The van der Waals surface area contributed by atoms with Crippen molar-refractivity contribution >= 4 is 11.6 Å². The summed E-state index contributed by atoms with van der Waals surface area (Å²) < 4.78 is 3.07. The van der Waals surface area contributed by atoms with E-state index in [0.717, 1.165) is 18.4 Å². The minimum absolute atomic E-state index is 0.0292. The molecule has 0 spiro atoms. The van der Waals surface area contributed by atoms with Gasteiger partial charge in [0.1, 0.15) is 6.20 Å². The lowest BCUT2D eigenvalue weighted by atomic mass is 10.2. The summed E-state index contributed by atoms with van der Waals surface area (Å²) in [6, 6.07) is 0. The molecule has 0 atom stereocenters. The SMILES string of the molecule is Cc1nn(C)cc1CN1CCN(C(=O)c2c([N+](=O)[O-])cnn2C)CC1. The molecule has 3 rings (SSSR count). The number of carbonyl (C=O) groups excluding carboxylic acids is 1. The van der Waals surface area contributed by atoms with Crippen LogP contribution in [0.3, 0.4) is 0 Å². The van der Waals surface area contributed by atoms with E-state index in [9.17, 15) is 14.9 Å². The van der Waals surface area contributed by atoms with Crippen molar-refractivity contribution in [2.45, 2.75) is 13.5 Å². The lowest BCUT2D eigenvalue weighted by Crippen LogP contribution is -2.48. The molecule has 0 bridgehead atoms. The second-order valence-electron chi connectivity index (χ2n) is 6.24. The molecule has 1 saturated heterocycles. The van der Waals surface area contributed by atoms with Gasteiger partial charge in [-0.15, -0.1) is 0 Å². The topological polar surface area (TPSA) is 102 Å². The molecule has 10 heteroatoms. The Morgan fingerprint density at radius 2 is 1.96 bits per heavy atom. The molecule has 1 amide bonds. The van der Waals surface area contributed by atoms with Crippen LogP contribution in [0.15, 0.2) is 12.4 Å². The van der Waals surface area contributed by atoms with Crippen molar-refractivity contribution in [2.24, 2.45) is 14.1 Å². The van der Waals surface area contributed by atoms with Crippen LogP contribution in [0.25, 0.3) is 0 Å². The van der Waals surface area contributed by atoms with E-state index in [1.807, 2.05) is 20.2 Å². The van der Waals surface area contributed by atoms with Gasteiger partial charge in [-0.1, -0.05) is 0 Å². The minimum atomic E-state index is -0.568. The maximum absolute atomic E-state index is 12.7. The number of rotatable bonds is 4. The summed E-state index contributed by atoms with van der Waals surface area (Å²) in [6.07, 6.45) is 3.13. The first-order valence-corrected chi connectivity index (χ1v) is 8.04. The van der Waals surface area contributed by atoms with Gasteiger partial charge in [-0.2, -0.15) is 10.2 Å². The van der Waals surface area contributed by atoms with Crippen LogP contribution in [0.1, 0.15) is 21.7 Å². The molecule has 1 aliphatic heterocycles. The summed E-state index contributed by atoms with van der Waals surface area (Å²) in [6.45, 7) is 5.25. The van der Waals surface area contributed by atoms with Crippen molar-refractivity contribution in [1.29, 1.82) is 0 Å². The Kier molecular flexibility index (Phi) is 4.53. The molecular formula is C15H21N7O3. The summed E-state index contributed by atoms with van der Waals surface area (Å²) in [5.41, 5.74) is 1.96. The van der Waals surface area contributed by atoms with E-state index in [0.29, 0.717) is 26.2 Å². The summed E-state index contributed by atoms with van der Waals surface area (Å²) in [4.78, 5) is 27.1. The van der Waals surface area contributed by atoms with Crippen molar-refractivity contribution in [3.05, 3.63) is 39.5 Å². The molecule has 0 aromatic carbocycles. The van der Waals surface area contributed by atoms with Crippen LogP contribution in [0.2, 0.25) is 0 Å². The van der Waals surface area contributed by atoms with Gasteiger partial charge in [0.05, 0.1) is 10.6 Å². The third-order valence-corrected chi connectivity index (χ3v) is 4.49. The zero-order valence-corrected chi connectivity index (χ0v) is 14.5. The van der Waals surface area contributed by atoms with E-state index in [1.54, 1.807) is 16.6 Å². The zero-order valence-electron chi connectivity index (χ0n) is 14.5. The minimum Gasteiger partial charge on any atom is -0.335 e. The maximum Gasteiger partial charge on any atom is 0.320 e. The molecule has 2 aromatic heterocycles. The largest absolute Gasteiger partial charge is 0.335 e. The summed E-state index contributed by atoms with van der Waals surface area (Å²) in [5, 5.41) is 19.3. The second-order valence-corrected chi connectivity index (χ2v) is 6.24. The Morgan fingerprint density at radius 1 is 1.28 bits per heavy atom. The molecule has 2 aromatic rings. The van der Waals surface area contributed by atoms with Gasteiger partial charge in [-0.25, -0.2) is 0 Å². The van der Waals surface area contributed by atoms with E-state index < -0.39 is 4.92 Å². The summed E-state index contributed by atoms with van der Waals surface area (Å²) >= 11 is 0. The number of hydrogen-bond acceptors (Lipinski definition) is 6. The average Bonchev–Trinajstić information content (AvgIpc) is 3.10. The van der Waals surface area contributed by atoms with Crippen molar-refractivity contribution in [2.75, 3.05) is 26.2 Å². The highest BCUT2D eigenvalue weighted by Crippen LogP contribution is 2.20. The van der Waals surface area contributed by atoms with Gasteiger partial charge in [-0.05, 0) is 6.92 Å². The summed E-state index contributed by atoms with van der Waals surface area (Å²) in [5.74, 6) is -0.344. The molecule has 0 saturated carbocycles. The Hall–Kier alpha value is -2.75. The number of carbonyl (C=O) groups is 1. The third-order valence-electron chi connectivity index (χ3n) is 4.49. The number of hydrogen-bond donors (Lipinski definition) is 0. The molecule has 1 fully saturated rings. The fraction of sp³-hybridized carbons (Fsp3) is 0.533. The zero-order chi connectivity index (χ0) is 18.1. The van der Waals surface area contributed by atoms with Gasteiger partial charge in [0.2, 0.25) is 5.69 Å². The van der Waals surface area contributed by atoms with Crippen LogP contribution in [-0.4, -0.2) is 66.4 Å². The molecule has 3 heterocycles. The summed E-state index contributed by atoms with van der Waals surface area (Å²) in [7, 11) is 3.44. The van der Waals surface area contributed by atoms with Crippen LogP contribution >= 0.6 is 0 Å². The van der Waals surface area contributed by atoms with Crippen LogP contribution < -0.4 is 0 Å². The molecule has 1 aliphatic rings. The van der Waals surface area contributed by atoms with Gasteiger partial charge in [0.25, 0.3) is 5.91 Å². The van der Waals surface area contributed by atoms with Crippen molar-refractivity contribution in [3.63, 3.8) is 0 Å². The van der Waals surface area contributed by atoms with E-state index in [2.05, 4.69) is 15.1 Å². The molecule has 0 aliphatic carbocycles. The van der Waals surface area contributed by atoms with Crippen LogP contribution in [0.4, 0.5) is 5.69 Å². The molecule has 0 N–H and O–H groups in total. The lowest BCUT2D eigenvalue weighted by Gasteiger charge is -2.34. The monoisotopic (exact) mass is 347 g/mol. The van der Waals surface area contributed by atoms with Crippen molar-refractivity contribution in [3.8, 4) is 0 Å². The quantitative estimate of drug-likeness (QED) is 0.583.